The van der Waals surface area contributed by atoms with Crippen LogP contribution in [-0.4, -0.2) is 54.6 Å². The van der Waals surface area contributed by atoms with E-state index in [-0.39, 0.29) is 37.0 Å². The number of amides is 1. The Kier molecular flexibility index (Phi) is 5.43. The van der Waals surface area contributed by atoms with Gasteiger partial charge in [0.15, 0.2) is 4.90 Å². The number of hydrogen-bond donors (Lipinski definition) is 0. The van der Waals surface area contributed by atoms with Crippen molar-refractivity contribution in [3.05, 3.63) is 69.5 Å². The largest absolute Gasteiger partial charge is 0.336 e. The molecule has 0 atom stereocenters. The van der Waals surface area contributed by atoms with Crippen LogP contribution in [0.2, 0.25) is 0 Å². The number of carbonyl (C=O) groups is 1. The molecule has 0 aliphatic carbocycles. The van der Waals surface area contributed by atoms with E-state index in [0.717, 1.165) is 10.4 Å². The number of hydrogen-bond acceptors (Lipinski definition) is 5. The molecule has 1 heterocycles. The molecule has 0 radical (unpaired) electrons. The van der Waals surface area contributed by atoms with Crippen LogP contribution in [0.1, 0.15) is 15.9 Å². The van der Waals surface area contributed by atoms with E-state index in [2.05, 4.69) is 0 Å². The molecule has 2 aromatic carbocycles. The van der Waals surface area contributed by atoms with Gasteiger partial charge in [-0.25, -0.2) is 12.8 Å². The molecule has 0 bridgehead atoms. The smallest absolute Gasteiger partial charge is 0.289 e. The Morgan fingerprint density at radius 2 is 1.75 bits per heavy atom. The first-order valence-corrected chi connectivity index (χ1v) is 9.95. The summed E-state index contributed by atoms with van der Waals surface area (Å²) >= 11 is 0. The molecule has 8 nitrogen and oxygen atoms in total. The molecule has 1 aliphatic rings. The molecule has 28 heavy (non-hydrogen) atoms. The molecule has 0 N–H and O–H groups in total. The van der Waals surface area contributed by atoms with Gasteiger partial charge in [0, 0.05) is 37.8 Å². The average molecular weight is 407 g/mol. The number of nitro groups is 1. The van der Waals surface area contributed by atoms with Crippen LogP contribution in [0.25, 0.3) is 0 Å². The highest BCUT2D eigenvalue weighted by Gasteiger charge is 2.34. The van der Waals surface area contributed by atoms with Crippen molar-refractivity contribution >= 4 is 21.6 Å². The topological polar surface area (TPSA) is 101 Å². The lowest BCUT2D eigenvalue weighted by Crippen LogP contribution is -2.50. The first-order valence-electron chi connectivity index (χ1n) is 8.51. The Balaban J connectivity index is 1.75. The molecule has 1 saturated heterocycles. The van der Waals surface area contributed by atoms with Gasteiger partial charge in [-0.2, -0.15) is 4.31 Å². The summed E-state index contributed by atoms with van der Waals surface area (Å²) < 4.78 is 40.2. The van der Waals surface area contributed by atoms with Gasteiger partial charge < -0.3 is 4.90 Å². The second-order valence-electron chi connectivity index (χ2n) is 6.39. The minimum Gasteiger partial charge on any atom is -0.336 e. The van der Waals surface area contributed by atoms with Crippen LogP contribution < -0.4 is 0 Å². The van der Waals surface area contributed by atoms with Gasteiger partial charge in [0.25, 0.3) is 11.6 Å². The highest BCUT2D eigenvalue weighted by molar-refractivity contribution is 7.89. The van der Waals surface area contributed by atoms with E-state index >= 15 is 0 Å². The van der Waals surface area contributed by atoms with Crippen LogP contribution in [0.4, 0.5) is 10.1 Å². The number of para-hydroxylation sites is 1. The van der Waals surface area contributed by atoms with E-state index in [4.69, 9.17) is 0 Å². The standard InChI is InChI=1S/C18H18FN3O5S/c1-13-12-14(6-7-15(13)19)18(23)20-8-10-21(11-9-20)28(26,27)17-5-3-2-4-16(17)22(24)25/h2-7,12H,8-11H2,1H3. The molecule has 0 unspecified atom stereocenters. The first-order chi connectivity index (χ1) is 13.2. The summed E-state index contributed by atoms with van der Waals surface area (Å²) in [4.78, 5) is 24.1. The predicted octanol–water partition coefficient (Wildman–Crippen LogP) is 2.19. The van der Waals surface area contributed by atoms with Gasteiger partial charge in [-0.3, -0.25) is 14.9 Å². The molecule has 0 aromatic heterocycles. The van der Waals surface area contributed by atoms with Crippen molar-refractivity contribution in [3.63, 3.8) is 0 Å². The third-order valence-corrected chi connectivity index (χ3v) is 6.56. The Morgan fingerprint density at radius 1 is 1.11 bits per heavy atom. The lowest BCUT2D eigenvalue weighted by molar-refractivity contribution is -0.387. The third kappa shape index (κ3) is 3.73. The van der Waals surface area contributed by atoms with Crippen LogP contribution in [-0.2, 0) is 10.0 Å². The van der Waals surface area contributed by atoms with E-state index in [9.17, 15) is 27.7 Å². The first kappa shape index (κ1) is 19.9. The SMILES string of the molecule is Cc1cc(C(=O)N2CCN(S(=O)(=O)c3ccccc3[N+](=O)[O-])CC2)ccc1F. The fraction of sp³-hybridized carbons (Fsp3) is 0.278. The predicted molar refractivity (Wildman–Crippen MR) is 98.9 cm³/mol. The van der Waals surface area contributed by atoms with E-state index in [1.165, 1.54) is 41.3 Å². The lowest BCUT2D eigenvalue weighted by atomic mass is 10.1. The Morgan fingerprint density at radius 3 is 2.36 bits per heavy atom. The zero-order valence-corrected chi connectivity index (χ0v) is 15.9. The van der Waals surface area contributed by atoms with Gasteiger partial charge in [-0.05, 0) is 36.8 Å². The van der Waals surface area contributed by atoms with Crippen molar-refractivity contribution in [2.75, 3.05) is 26.2 Å². The molecule has 1 amide bonds. The molecule has 10 heteroatoms. The maximum absolute atomic E-state index is 13.4. The number of carbonyl (C=O) groups excluding carboxylic acids is 1. The van der Waals surface area contributed by atoms with Crippen LogP contribution in [0, 0.1) is 22.9 Å². The number of piperazine rings is 1. The fourth-order valence-corrected chi connectivity index (χ4v) is 4.64. The number of halogens is 1. The second kappa shape index (κ2) is 7.64. The minimum atomic E-state index is -4.06. The summed E-state index contributed by atoms with van der Waals surface area (Å²) in [5.74, 6) is -0.720. The Bertz CT molecular complexity index is 1030. The lowest BCUT2D eigenvalue weighted by Gasteiger charge is -2.34. The van der Waals surface area contributed by atoms with Crippen molar-refractivity contribution in [2.24, 2.45) is 0 Å². The molecule has 1 aliphatic heterocycles. The summed E-state index contributed by atoms with van der Waals surface area (Å²) in [5.41, 5.74) is 0.195. The van der Waals surface area contributed by atoms with Crippen molar-refractivity contribution in [2.45, 2.75) is 11.8 Å². The Hall–Kier alpha value is -2.85. The maximum Gasteiger partial charge on any atom is 0.289 e. The monoisotopic (exact) mass is 407 g/mol. The maximum atomic E-state index is 13.4. The van der Waals surface area contributed by atoms with Crippen molar-refractivity contribution in [1.82, 2.24) is 9.21 Å². The van der Waals surface area contributed by atoms with Crippen LogP contribution in [0.5, 0.6) is 0 Å². The van der Waals surface area contributed by atoms with Gasteiger partial charge in [0.05, 0.1) is 4.92 Å². The molecule has 1 fully saturated rings. The molecular weight excluding hydrogens is 389 g/mol. The number of nitro benzene ring substituents is 1. The molecule has 0 saturated carbocycles. The van der Waals surface area contributed by atoms with E-state index in [1.807, 2.05) is 0 Å². The number of aryl methyl sites for hydroxylation is 1. The van der Waals surface area contributed by atoms with Crippen LogP contribution >= 0.6 is 0 Å². The highest BCUT2D eigenvalue weighted by atomic mass is 32.2. The summed E-state index contributed by atoms with van der Waals surface area (Å²) in [6.45, 7) is 1.86. The number of rotatable bonds is 4. The zero-order valence-electron chi connectivity index (χ0n) is 15.0. The second-order valence-corrected chi connectivity index (χ2v) is 8.29. The quantitative estimate of drug-likeness (QED) is 0.571. The zero-order chi connectivity index (χ0) is 20.5. The molecule has 0 spiro atoms. The molecule has 148 valence electrons. The van der Waals surface area contributed by atoms with E-state index in [0.29, 0.717) is 11.1 Å². The number of sulfonamides is 1. The molecular formula is C18H18FN3O5S. The summed E-state index contributed by atoms with van der Waals surface area (Å²) in [5, 5.41) is 11.1. The normalized spacial score (nSPS) is 15.4. The van der Waals surface area contributed by atoms with Gasteiger partial charge >= 0.3 is 0 Å². The van der Waals surface area contributed by atoms with Gasteiger partial charge in [0.1, 0.15) is 5.82 Å². The van der Waals surface area contributed by atoms with Gasteiger partial charge in [-0.15, -0.1) is 0 Å². The van der Waals surface area contributed by atoms with Crippen LogP contribution in [0.3, 0.4) is 0 Å². The molecule has 2 aromatic rings. The Labute approximate surface area is 161 Å². The summed E-state index contributed by atoms with van der Waals surface area (Å²) in [6.07, 6.45) is 0. The fourth-order valence-electron chi connectivity index (χ4n) is 3.06. The number of nitrogens with zero attached hydrogens (tertiary/aromatic N) is 3. The van der Waals surface area contributed by atoms with E-state index in [1.54, 1.807) is 6.92 Å². The summed E-state index contributed by atoms with van der Waals surface area (Å²) in [7, 11) is -4.06. The minimum absolute atomic E-state index is 0.0142. The van der Waals surface area contributed by atoms with Gasteiger partial charge in [0.2, 0.25) is 10.0 Å². The van der Waals surface area contributed by atoms with Crippen molar-refractivity contribution in [1.29, 1.82) is 0 Å². The van der Waals surface area contributed by atoms with Crippen molar-refractivity contribution in [3.8, 4) is 0 Å². The van der Waals surface area contributed by atoms with Crippen LogP contribution in [0.15, 0.2) is 47.4 Å². The van der Waals surface area contributed by atoms with E-state index < -0.39 is 26.5 Å². The summed E-state index contributed by atoms with van der Waals surface area (Å²) in [6, 6.07) is 9.23. The van der Waals surface area contributed by atoms with Gasteiger partial charge in [-0.1, -0.05) is 12.1 Å². The number of benzene rings is 2. The van der Waals surface area contributed by atoms with Crippen molar-refractivity contribution < 1.29 is 22.5 Å². The molecule has 3 rings (SSSR count). The highest BCUT2D eigenvalue weighted by Crippen LogP contribution is 2.27. The average Bonchev–Trinajstić information content (AvgIpc) is 2.69. The third-order valence-electron chi connectivity index (χ3n) is 4.61.